The SMILES string of the molecule is COCCn1c(=O)[nH]c2cc(C)[nH]c2c1=O. The van der Waals surface area contributed by atoms with Gasteiger partial charge in [0, 0.05) is 12.8 Å². The molecule has 0 atom stereocenters. The zero-order valence-corrected chi connectivity index (χ0v) is 9.16. The van der Waals surface area contributed by atoms with E-state index >= 15 is 0 Å². The van der Waals surface area contributed by atoms with Crippen molar-refractivity contribution < 1.29 is 4.74 Å². The van der Waals surface area contributed by atoms with Crippen LogP contribution in [0.1, 0.15) is 5.69 Å². The summed E-state index contributed by atoms with van der Waals surface area (Å²) in [6.45, 7) is 2.41. The summed E-state index contributed by atoms with van der Waals surface area (Å²) in [5.74, 6) is 0. The van der Waals surface area contributed by atoms with Crippen LogP contribution in [0.15, 0.2) is 15.7 Å². The minimum absolute atomic E-state index is 0.249. The quantitative estimate of drug-likeness (QED) is 0.767. The van der Waals surface area contributed by atoms with E-state index in [4.69, 9.17) is 4.74 Å². The zero-order chi connectivity index (χ0) is 11.7. The lowest BCUT2D eigenvalue weighted by atomic mass is 10.4. The van der Waals surface area contributed by atoms with Gasteiger partial charge in [0.25, 0.3) is 5.56 Å². The Morgan fingerprint density at radius 1 is 1.38 bits per heavy atom. The standard InChI is InChI=1S/C10H13N3O3/c1-6-5-7-8(11-6)9(14)13(3-4-16-2)10(15)12-7/h5,11H,3-4H2,1-2H3,(H,12,15). The summed E-state index contributed by atoms with van der Waals surface area (Å²) < 4.78 is 5.98. The van der Waals surface area contributed by atoms with Gasteiger partial charge in [0.2, 0.25) is 0 Å². The van der Waals surface area contributed by atoms with Gasteiger partial charge < -0.3 is 14.7 Å². The molecule has 0 amide bonds. The molecule has 86 valence electrons. The van der Waals surface area contributed by atoms with Crippen molar-refractivity contribution in [2.45, 2.75) is 13.5 Å². The van der Waals surface area contributed by atoms with Crippen LogP contribution < -0.4 is 11.2 Å². The molecule has 2 heterocycles. The normalized spacial score (nSPS) is 11.1. The van der Waals surface area contributed by atoms with Crippen molar-refractivity contribution in [3.8, 4) is 0 Å². The lowest BCUT2D eigenvalue weighted by Gasteiger charge is -2.02. The van der Waals surface area contributed by atoms with E-state index in [1.54, 1.807) is 6.07 Å². The second-order valence-corrected chi connectivity index (χ2v) is 3.62. The Morgan fingerprint density at radius 3 is 2.81 bits per heavy atom. The van der Waals surface area contributed by atoms with Gasteiger partial charge in [-0.25, -0.2) is 4.79 Å². The molecular formula is C10H13N3O3. The van der Waals surface area contributed by atoms with Crippen LogP contribution >= 0.6 is 0 Å². The Kier molecular flexibility index (Phi) is 2.66. The predicted octanol–water partition coefficient (Wildman–Crippen LogP) is -0.0273. The summed E-state index contributed by atoms with van der Waals surface area (Å²) in [4.78, 5) is 29.1. The molecule has 0 radical (unpaired) electrons. The predicted molar refractivity (Wildman–Crippen MR) is 59.8 cm³/mol. The van der Waals surface area contributed by atoms with Crippen LogP contribution in [0, 0.1) is 6.92 Å². The van der Waals surface area contributed by atoms with Crippen molar-refractivity contribution in [1.82, 2.24) is 14.5 Å². The minimum Gasteiger partial charge on any atom is -0.383 e. The van der Waals surface area contributed by atoms with E-state index in [0.717, 1.165) is 10.3 Å². The second kappa shape index (κ2) is 3.97. The summed E-state index contributed by atoms with van der Waals surface area (Å²) in [7, 11) is 1.52. The van der Waals surface area contributed by atoms with Gasteiger partial charge in [-0.3, -0.25) is 9.36 Å². The molecule has 0 aliphatic heterocycles. The van der Waals surface area contributed by atoms with E-state index in [-0.39, 0.29) is 12.1 Å². The smallest absolute Gasteiger partial charge is 0.329 e. The van der Waals surface area contributed by atoms with Crippen molar-refractivity contribution in [2.75, 3.05) is 13.7 Å². The highest BCUT2D eigenvalue weighted by atomic mass is 16.5. The number of H-pyrrole nitrogens is 2. The molecule has 0 saturated heterocycles. The first-order valence-corrected chi connectivity index (χ1v) is 4.95. The molecule has 2 aromatic heterocycles. The van der Waals surface area contributed by atoms with Crippen LogP contribution in [0.25, 0.3) is 11.0 Å². The number of ether oxygens (including phenoxy) is 1. The van der Waals surface area contributed by atoms with E-state index < -0.39 is 5.69 Å². The van der Waals surface area contributed by atoms with Gasteiger partial charge >= 0.3 is 5.69 Å². The molecule has 16 heavy (non-hydrogen) atoms. The maximum absolute atomic E-state index is 11.9. The van der Waals surface area contributed by atoms with E-state index in [0.29, 0.717) is 17.6 Å². The van der Waals surface area contributed by atoms with E-state index in [2.05, 4.69) is 9.97 Å². The third-order valence-corrected chi connectivity index (χ3v) is 2.42. The van der Waals surface area contributed by atoms with Crippen LogP contribution in [0.5, 0.6) is 0 Å². The number of aryl methyl sites for hydroxylation is 1. The number of rotatable bonds is 3. The fraction of sp³-hybridized carbons (Fsp3) is 0.400. The summed E-state index contributed by atoms with van der Waals surface area (Å²) >= 11 is 0. The summed E-state index contributed by atoms with van der Waals surface area (Å²) in [6.07, 6.45) is 0. The molecule has 6 nitrogen and oxygen atoms in total. The number of hydrogen-bond donors (Lipinski definition) is 2. The molecule has 2 aromatic rings. The molecule has 0 aliphatic rings. The van der Waals surface area contributed by atoms with Crippen molar-refractivity contribution >= 4 is 11.0 Å². The Balaban J connectivity index is 2.65. The van der Waals surface area contributed by atoms with Gasteiger partial charge in [0.1, 0.15) is 5.52 Å². The Labute approximate surface area is 90.9 Å². The fourth-order valence-corrected chi connectivity index (χ4v) is 1.65. The molecule has 0 bridgehead atoms. The number of nitrogens with one attached hydrogen (secondary N) is 2. The summed E-state index contributed by atoms with van der Waals surface area (Å²) in [5, 5.41) is 0. The van der Waals surface area contributed by atoms with E-state index in [9.17, 15) is 9.59 Å². The molecule has 0 aliphatic carbocycles. The van der Waals surface area contributed by atoms with Crippen molar-refractivity contribution in [3.05, 3.63) is 32.6 Å². The molecular weight excluding hydrogens is 210 g/mol. The molecule has 0 fully saturated rings. The first-order chi connectivity index (χ1) is 7.63. The van der Waals surface area contributed by atoms with Crippen LogP contribution in [0.3, 0.4) is 0 Å². The lowest BCUT2D eigenvalue weighted by molar-refractivity contribution is 0.185. The average Bonchev–Trinajstić information content (AvgIpc) is 2.59. The summed E-state index contributed by atoms with van der Waals surface area (Å²) in [6, 6.07) is 1.73. The minimum atomic E-state index is -0.409. The molecule has 2 N–H and O–H groups in total. The molecule has 6 heteroatoms. The molecule has 0 aromatic carbocycles. The number of hydrogen-bond acceptors (Lipinski definition) is 3. The van der Waals surface area contributed by atoms with Crippen molar-refractivity contribution in [2.24, 2.45) is 0 Å². The van der Waals surface area contributed by atoms with Crippen LogP contribution in [-0.4, -0.2) is 28.3 Å². The number of nitrogens with zero attached hydrogens (tertiary/aromatic N) is 1. The van der Waals surface area contributed by atoms with Crippen molar-refractivity contribution in [3.63, 3.8) is 0 Å². The first-order valence-electron chi connectivity index (χ1n) is 4.95. The van der Waals surface area contributed by atoms with Gasteiger partial charge in [-0.2, -0.15) is 0 Å². The molecule has 0 spiro atoms. The highest BCUT2D eigenvalue weighted by Crippen LogP contribution is 2.05. The maximum atomic E-state index is 11.9. The zero-order valence-electron chi connectivity index (χ0n) is 9.16. The Bertz CT molecular complexity index is 620. The van der Waals surface area contributed by atoms with Gasteiger partial charge in [-0.05, 0) is 13.0 Å². The van der Waals surface area contributed by atoms with Gasteiger partial charge in [-0.15, -0.1) is 0 Å². The Hall–Kier alpha value is -1.82. The number of methoxy groups -OCH3 is 1. The topological polar surface area (TPSA) is 79.9 Å². The molecule has 0 saturated carbocycles. The largest absolute Gasteiger partial charge is 0.383 e. The summed E-state index contributed by atoms with van der Waals surface area (Å²) in [5.41, 5.74) is 1.08. The number of aromatic nitrogens is 3. The molecule has 0 unspecified atom stereocenters. The van der Waals surface area contributed by atoms with Crippen LogP contribution in [0.2, 0.25) is 0 Å². The van der Waals surface area contributed by atoms with E-state index in [1.807, 2.05) is 6.92 Å². The lowest BCUT2D eigenvalue weighted by Crippen LogP contribution is -2.36. The second-order valence-electron chi connectivity index (χ2n) is 3.62. The average molecular weight is 223 g/mol. The Morgan fingerprint density at radius 2 is 2.12 bits per heavy atom. The third kappa shape index (κ3) is 1.67. The maximum Gasteiger partial charge on any atom is 0.329 e. The van der Waals surface area contributed by atoms with Gasteiger partial charge in [0.15, 0.2) is 0 Å². The van der Waals surface area contributed by atoms with Crippen LogP contribution in [-0.2, 0) is 11.3 Å². The van der Waals surface area contributed by atoms with Gasteiger partial charge in [-0.1, -0.05) is 0 Å². The van der Waals surface area contributed by atoms with E-state index in [1.165, 1.54) is 7.11 Å². The molecule has 2 rings (SSSR count). The number of fused-ring (bicyclic) bond motifs is 1. The monoisotopic (exact) mass is 223 g/mol. The highest BCUT2D eigenvalue weighted by molar-refractivity contribution is 5.74. The fourth-order valence-electron chi connectivity index (χ4n) is 1.65. The van der Waals surface area contributed by atoms with Gasteiger partial charge in [0.05, 0.1) is 18.7 Å². The third-order valence-electron chi connectivity index (χ3n) is 2.42. The van der Waals surface area contributed by atoms with Crippen molar-refractivity contribution in [1.29, 1.82) is 0 Å². The first kappa shape index (κ1) is 10.7. The number of aromatic amines is 2. The van der Waals surface area contributed by atoms with Crippen LogP contribution in [0.4, 0.5) is 0 Å². The highest BCUT2D eigenvalue weighted by Gasteiger charge is 2.08.